The van der Waals surface area contributed by atoms with E-state index in [-0.39, 0.29) is 5.91 Å². The van der Waals surface area contributed by atoms with E-state index in [0.717, 1.165) is 76.3 Å². The van der Waals surface area contributed by atoms with E-state index in [1.807, 2.05) is 4.90 Å². The Morgan fingerprint density at radius 2 is 1.83 bits per heavy atom. The molecule has 0 spiro atoms. The first-order valence-corrected chi connectivity index (χ1v) is 11.9. The van der Waals surface area contributed by atoms with Gasteiger partial charge in [-0.25, -0.2) is 0 Å². The minimum Gasteiger partial charge on any atom is -0.378 e. The molecule has 0 unspecified atom stereocenters. The minimum absolute atomic E-state index is 0.205. The zero-order chi connectivity index (χ0) is 20.8. The highest BCUT2D eigenvalue weighted by Gasteiger charge is 2.24. The number of ether oxygens (including phenoxy) is 1. The van der Waals surface area contributed by atoms with Crippen molar-refractivity contribution in [2.75, 3.05) is 50.0 Å². The average Bonchev–Trinajstić information content (AvgIpc) is 3.22. The van der Waals surface area contributed by atoms with Gasteiger partial charge in [0.15, 0.2) is 5.16 Å². The smallest absolute Gasteiger partial charge is 0.233 e. The molecular formula is C22H31N5O2S. The van der Waals surface area contributed by atoms with E-state index < -0.39 is 0 Å². The first-order chi connectivity index (χ1) is 14.7. The van der Waals surface area contributed by atoms with E-state index in [0.29, 0.717) is 11.7 Å². The topological polar surface area (TPSA) is 63.5 Å². The second-order valence-corrected chi connectivity index (χ2v) is 8.87. The summed E-state index contributed by atoms with van der Waals surface area (Å²) in [5.41, 5.74) is 1.40. The third-order valence-corrected chi connectivity index (χ3v) is 6.92. The van der Waals surface area contributed by atoms with E-state index >= 15 is 0 Å². The number of anilines is 1. The first kappa shape index (κ1) is 21.2. The average molecular weight is 430 g/mol. The highest BCUT2D eigenvalue weighted by molar-refractivity contribution is 7.99. The van der Waals surface area contributed by atoms with Crippen molar-refractivity contribution in [3.63, 3.8) is 0 Å². The molecule has 7 nitrogen and oxygen atoms in total. The summed E-state index contributed by atoms with van der Waals surface area (Å²) < 4.78 is 7.54. The normalized spacial score (nSPS) is 18.0. The van der Waals surface area contributed by atoms with Crippen LogP contribution in [0.25, 0.3) is 0 Å². The molecule has 2 saturated heterocycles. The molecule has 2 aromatic rings. The molecule has 1 amide bonds. The molecular weight excluding hydrogens is 398 g/mol. The zero-order valence-corrected chi connectivity index (χ0v) is 18.5. The third kappa shape index (κ3) is 5.16. The number of benzene rings is 1. The molecule has 0 aliphatic carbocycles. The molecule has 0 atom stereocenters. The Morgan fingerprint density at radius 1 is 1.10 bits per heavy atom. The van der Waals surface area contributed by atoms with E-state index in [2.05, 4.69) is 56.9 Å². The number of hydrogen-bond donors (Lipinski definition) is 0. The summed E-state index contributed by atoms with van der Waals surface area (Å²) in [6.45, 7) is 7.71. The number of thioether (sulfide) groups is 1. The van der Waals surface area contributed by atoms with Crippen molar-refractivity contribution in [3.8, 4) is 0 Å². The van der Waals surface area contributed by atoms with Crippen LogP contribution in [0.5, 0.6) is 0 Å². The Kier molecular flexibility index (Phi) is 7.28. The highest BCUT2D eigenvalue weighted by atomic mass is 32.2. The molecule has 3 heterocycles. The molecule has 0 bridgehead atoms. The summed E-state index contributed by atoms with van der Waals surface area (Å²) in [5.74, 6) is 2.18. The maximum Gasteiger partial charge on any atom is 0.233 e. The lowest BCUT2D eigenvalue weighted by Gasteiger charge is -2.32. The number of hydrogen-bond acceptors (Lipinski definition) is 6. The number of piperidine rings is 1. The lowest BCUT2D eigenvalue weighted by molar-refractivity contribution is -0.129. The zero-order valence-electron chi connectivity index (χ0n) is 17.7. The summed E-state index contributed by atoms with van der Waals surface area (Å²) >= 11 is 1.50. The molecule has 8 heteroatoms. The maximum atomic E-state index is 12.8. The molecule has 30 heavy (non-hydrogen) atoms. The molecule has 4 rings (SSSR count). The fourth-order valence-corrected chi connectivity index (χ4v) is 5.11. The van der Waals surface area contributed by atoms with Crippen LogP contribution in [0.4, 0.5) is 5.95 Å². The monoisotopic (exact) mass is 429 g/mol. The molecule has 0 saturated carbocycles. The van der Waals surface area contributed by atoms with E-state index in [1.54, 1.807) is 0 Å². The molecule has 0 radical (unpaired) electrons. The Hall–Kier alpha value is -2.06. The predicted molar refractivity (Wildman–Crippen MR) is 119 cm³/mol. The van der Waals surface area contributed by atoms with Gasteiger partial charge in [0.25, 0.3) is 0 Å². The Morgan fingerprint density at radius 3 is 2.53 bits per heavy atom. The van der Waals surface area contributed by atoms with Crippen molar-refractivity contribution in [2.45, 2.75) is 37.9 Å². The lowest BCUT2D eigenvalue weighted by Crippen LogP contribution is -2.40. The highest BCUT2D eigenvalue weighted by Crippen LogP contribution is 2.25. The second kappa shape index (κ2) is 10.3. The minimum atomic E-state index is 0.205. The second-order valence-electron chi connectivity index (χ2n) is 7.93. The molecule has 1 aromatic carbocycles. The van der Waals surface area contributed by atoms with E-state index in [4.69, 9.17) is 4.74 Å². The Bertz CT molecular complexity index is 814. The molecule has 162 valence electrons. The Labute approximate surface area is 182 Å². The number of carbonyl (C=O) groups is 1. The number of rotatable bonds is 7. The van der Waals surface area contributed by atoms with Gasteiger partial charge in [-0.1, -0.05) is 42.1 Å². The van der Waals surface area contributed by atoms with Crippen LogP contribution in [-0.2, 0) is 22.5 Å². The third-order valence-electron chi connectivity index (χ3n) is 5.97. The van der Waals surface area contributed by atoms with Crippen LogP contribution in [0.1, 0.15) is 25.3 Å². The van der Waals surface area contributed by atoms with Gasteiger partial charge in [0.2, 0.25) is 11.9 Å². The number of amides is 1. The SMILES string of the molecule is CCn1c(SCC(=O)N2CCC(Cc3ccccc3)CC2)nnc1N1CCOCC1. The van der Waals surface area contributed by atoms with Crippen molar-refractivity contribution in [2.24, 2.45) is 5.92 Å². The van der Waals surface area contributed by atoms with Gasteiger partial charge in [-0.15, -0.1) is 10.2 Å². The van der Waals surface area contributed by atoms with Crippen molar-refractivity contribution in [1.82, 2.24) is 19.7 Å². The Balaban J connectivity index is 1.26. The summed E-state index contributed by atoms with van der Waals surface area (Å²) in [7, 11) is 0. The van der Waals surface area contributed by atoms with Crippen LogP contribution in [0.15, 0.2) is 35.5 Å². The van der Waals surface area contributed by atoms with Gasteiger partial charge >= 0.3 is 0 Å². The molecule has 2 aliphatic rings. The maximum absolute atomic E-state index is 12.8. The van der Waals surface area contributed by atoms with Gasteiger partial charge in [0.1, 0.15) is 0 Å². The molecule has 1 aromatic heterocycles. The number of aromatic nitrogens is 3. The summed E-state index contributed by atoms with van der Waals surface area (Å²) in [4.78, 5) is 17.0. The fraction of sp³-hybridized carbons (Fsp3) is 0.591. The van der Waals surface area contributed by atoms with Crippen molar-refractivity contribution in [3.05, 3.63) is 35.9 Å². The fourth-order valence-electron chi connectivity index (χ4n) is 4.21. The molecule has 2 fully saturated rings. The van der Waals surface area contributed by atoms with E-state index in [1.165, 1.54) is 17.3 Å². The summed E-state index contributed by atoms with van der Waals surface area (Å²) in [6.07, 6.45) is 3.27. The standard InChI is InChI=1S/C22H31N5O2S/c1-2-27-21(26-12-14-29-15-13-26)23-24-22(27)30-17-20(28)25-10-8-19(9-11-25)16-18-6-4-3-5-7-18/h3-7,19H,2,8-17H2,1H3. The quantitative estimate of drug-likeness (QED) is 0.631. The number of carbonyl (C=O) groups excluding carboxylic acids is 1. The molecule has 2 aliphatic heterocycles. The van der Waals surface area contributed by atoms with Gasteiger partial charge in [-0.2, -0.15) is 0 Å². The van der Waals surface area contributed by atoms with Crippen LogP contribution >= 0.6 is 11.8 Å². The molecule has 0 N–H and O–H groups in total. The van der Waals surface area contributed by atoms with Crippen molar-refractivity contribution in [1.29, 1.82) is 0 Å². The van der Waals surface area contributed by atoms with Crippen LogP contribution in [0.2, 0.25) is 0 Å². The van der Waals surface area contributed by atoms with Crippen LogP contribution in [0.3, 0.4) is 0 Å². The summed E-state index contributed by atoms with van der Waals surface area (Å²) in [6, 6.07) is 10.7. The van der Waals surface area contributed by atoms with Crippen molar-refractivity contribution >= 4 is 23.6 Å². The predicted octanol–water partition coefficient (Wildman–Crippen LogP) is 2.71. The van der Waals surface area contributed by atoms with Crippen LogP contribution in [0, 0.1) is 5.92 Å². The first-order valence-electron chi connectivity index (χ1n) is 10.9. The number of likely N-dealkylation sites (tertiary alicyclic amines) is 1. The largest absolute Gasteiger partial charge is 0.378 e. The van der Waals surface area contributed by atoms with Gasteiger partial charge < -0.3 is 14.5 Å². The van der Waals surface area contributed by atoms with Gasteiger partial charge in [0, 0.05) is 32.7 Å². The van der Waals surface area contributed by atoms with Gasteiger partial charge in [0.05, 0.1) is 19.0 Å². The van der Waals surface area contributed by atoms with Crippen LogP contribution < -0.4 is 4.90 Å². The van der Waals surface area contributed by atoms with Crippen molar-refractivity contribution < 1.29 is 9.53 Å². The number of nitrogens with zero attached hydrogens (tertiary/aromatic N) is 5. The van der Waals surface area contributed by atoms with E-state index in [9.17, 15) is 4.79 Å². The van der Waals surface area contributed by atoms with Crippen LogP contribution in [-0.4, -0.2) is 70.7 Å². The van der Waals surface area contributed by atoms with Gasteiger partial charge in [-0.05, 0) is 37.7 Å². The lowest BCUT2D eigenvalue weighted by atomic mass is 9.90. The summed E-state index contributed by atoms with van der Waals surface area (Å²) in [5, 5.41) is 9.57. The van der Waals surface area contributed by atoms with Gasteiger partial charge in [-0.3, -0.25) is 9.36 Å². The number of morpholine rings is 1.